The van der Waals surface area contributed by atoms with E-state index in [0.717, 1.165) is 6.92 Å². The summed E-state index contributed by atoms with van der Waals surface area (Å²) in [6, 6.07) is -0.747. The zero-order valence-corrected chi connectivity index (χ0v) is 15.7. The van der Waals surface area contributed by atoms with Gasteiger partial charge < -0.3 is 14.2 Å². The Kier molecular flexibility index (Phi) is 4.78. The highest BCUT2D eigenvalue weighted by molar-refractivity contribution is 6.44. The fourth-order valence-corrected chi connectivity index (χ4v) is 3.12. The van der Waals surface area contributed by atoms with Crippen LogP contribution in [-0.4, -0.2) is 43.2 Å². The number of ether oxygens (including phenoxy) is 3. The standard InChI is InChI=1S/C17H25BF3O4/c1-8-23-13(22)11-10(9(2)16(7,24-11)17(19,20)21)12-18-14(3,4)15(5,6)25-12/h9,12H,8H2,1-7H3. The summed E-state index contributed by atoms with van der Waals surface area (Å²) < 4.78 is 57.0. The largest absolute Gasteiger partial charge is 0.470 e. The first-order valence-electron chi connectivity index (χ1n) is 8.38. The molecule has 0 amide bonds. The average molecular weight is 361 g/mol. The van der Waals surface area contributed by atoms with Gasteiger partial charge in [-0.15, -0.1) is 0 Å². The summed E-state index contributed by atoms with van der Waals surface area (Å²) in [6.45, 7) is 11.6. The van der Waals surface area contributed by atoms with Gasteiger partial charge in [0.1, 0.15) is 0 Å². The molecular weight excluding hydrogens is 336 g/mol. The second kappa shape index (κ2) is 5.93. The fourth-order valence-electron chi connectivity index (χ4n) is 3.12. The van der Waals surface area contributed by atoms with E-state index in [4.69, 9.17) is 14.2 Å². The van der Waals surface area contributed by atoms with Crippen LogP contribution in [0.5, 0.6) is 0 Å². The van der Waals surface area contributed by atoms with Gasteiger partial charge in [-0.05, 0) is 33.0 Å². The van der Waals surface area contributed by atoms with Crippen molar-refractivity contribution in [2.75, 3.05) is 6.61 Å². The van der Waals surface area contributed by atoms with Crippen molar-refractivity contribution in [3.05, 3.63) is 11.3 Å². The van der Waals surface area contributed by atoms with Crippen LogP contribution in [-0.2, 0) is 19.0 Å². The van der Waals surface area contributed by atoms with Gasteiger partial charge >= 0.3 is 12.1 Å². The molecule has 0 aliphatic carbocycles. The van der Waals surface area contributed by atoms with Gasteiger partial charge in [-0.2, -0.15) is 13.2 Å². The van der Waals surface area contributed by atoms with Crippen LogP contribution in [0.1, 0.15) is 48.5 Å². The molecule has 1 fully saturated rings. The molecule has 0 spiro atoms. The van der Waals surface area contributed by atoms with Crippen LogP contribution < -0.4 is 0 Å². The Balaban J connectivity index is 2.49. The van der Waals surface area contributed by atoms with Crippen LogP contribution in [0.2, 0.25) is 5.31 Å². The van der Waals surface area contributed by atoms with Gasteiger partial charge in [0.25, 0.3) is 0 Å². The summed E-state index contributed by atoms with van der Waals surface area (Å²) in [5.74, 6) is -2.36. The van der Waals surface area contributed by atoms with E-state index < -0.39 is 35.3 Å². The smallest absolute Gasteiger partial charge is 0.428 e. The molecule has 1 radical (unpaired) electrons. The number of carbonyl (C=O) groups excluding carboxylic acids is 1. The maximum Gasteiger partial charge on any atom is 0.428 e. The van der Waals surface area contributed by atoms with E-state index in [1.807, 2.05) is 35.0 Å². The normalized spacial score (nSPS) is 33.8. The first kappa shape index (κ1) is 20.1. The minimum atomic E-state index is -4.64. The second-order valence-electron chi connectivity index (χ2n) is 7.87. The van der Waals surface area contributed by atoms with Crippen LogP contribution in [0.4, 0.5) is 13.2 Å². The summed E-state index contributed by atoms with van der Waals surface area (Å²) in [6.07, 6.45) is -4.64. The Morgan fingerprint density at radius 3 is 2.20 bits per heavy atom. The van der Waals surface area contributed by atoms with Crippen molar-refractivity contribution in [1.82, 2.24) is 0 Å². The molecule has 25 heavy (non-hydrogen) atoms. The third-order valence-corrected chi connectivity index (χ3v) is 5.74. The van der Waals surface area contributed by atoms with E-state index in [9.17, 15) is 18.0 Å². The van der Waals surface area contributed by atoms with Crippen molar-refractivity contribution < 1.29 is 32.2 Å². The van der Waals surface area contributed by atoms with Gasteiger partial charge in [-0.25, -0.2) is 4.79 Å². The highest BCUT2D eigenvalue weighted by Crippen LogP contribution is 2.55. The van der Waals surface area contributed by atoms with Crippen molar-refractivity contribution in [3.63, 3.8) is 0 Å². The van der Waals surface area contributed by atoms with Crippen LogP contribution in [0.15, 0.2) is 11.3 Å². The summed E-state index contributed by atoms with van der Waals surface area (Å²) in [7, 11) is 1.84. The molecule has 1 saturated heterocycles. The van der Waals surface area contributed by atoms with Crippen LogP contribution >= 0.6 is 0 Å². The monoisotopic (exact) mass is 361 g/mol. The van der Waals surface area contributed by atoms with Crippen molar-refractivity contribution in [1.29, 1.82) is 0 Å². The maximum absolute atomic E-state index is 13.6. The molecule has 0 aromatic rings. The van der Waals surface area contributed by atoms with E-state index in [1.54, 1.807) is 6.92 Å². The molecule has 0 saturated carbocycles. The molecule has 2 heterocycles. The molecule has 2 rings (SSSR count). The number of halogens is 3. The molecule has 4 nitrogen and oxygen atoms in total. The molecule has 2 aliphatic rings. The Labute approximate surface area is 147 Å². The van der Waals surface area contributed by atoms with Crippen LogP contribution in [0.3, 0.4) is 0 Å². The highest BCUT2D eigenvalue weighted by Gasteiger charge is 2.65. The molecule has 3 unspecified atom stereocenters. The van der Waals surface area contributed by atoms with E-state index in [-0.39, 0.29) is 23.3 Å². The molecule has 8 heteroatoms. The Bertz CT molecular complexity index is 581. The zero-order chi connectivity index (χ0) is 19.4. The minimum absolute atomic E-state index is 0.0440. The quantitative estimate of drug-likeness (QED) is 0.566. The van der Waals surface area contributed by atoms with Crippen LogP contribution in [0, 0.1) is 5.92 Å². The molecule has 3 atom stereocenters. The number of rotatable bonds is 3. The van der Waals surface area contributed by atoms with E-state index in [2.05, 4.69) is 0 Å². The lowest BCUT2D eigenvalue weighted by Crippen LogP contribution is -2.48. The summed E-state index contributed by atoms with van der Waals surface area (Å²) in [5.41, 5.74) is -2.91. The van der Waals surface area contributed by atoms with E-state index in [1.165, 1.54) is 6.92 Å². The number of esters is 1. The Hall–Kier alpha value is -1.18. The van der Waals surface area contributed by atoms with E-state index >= 15 is 0 Å². The predicted molar refractivity (Wildman–Crippen MR) is 87.1 cm³/mol. The number of alkyl halides is 3. The number of hydrogen-bond acceptors (Lipinski definition) is 4. The van der Waals surface area contributed by atoms with Crippen molar-refractivity contribution >= 4 is 13.2 Å². The topological polar surface area (TPSA) is 44.8 Å². The summed E-state index contributed by atoms with van der Waals surface area (Å²) >= 11 is 0. The summed E-state index contributed by atoms with van der Waals surface area (Å²) in [5, 5.41) is -0.388. The first-order chi connectivity index (χ1) is 11.2. The maximum atomic E-state index is 13.6. The molecule has 0 bridgehead atoms. The lowest BCUT2D eigenvalue weighted by molar-refractivity contribution is -0.263. The number of carbonyl (C=O) groups is 1. The predicted octanol–water partition coefficient (Wildman–Crippen LogP) is 3.83. The van der Waals surface area contributed by atoms with Crippen LogP contribution in [0.25, 0.3) is 0 Å². The minimum Gasteiger partial charge on any atom is -0.470 e. The van der Waals surface area contributed by atoms with Crippen molar-refractivity contribution in [2.24, 2.45) is 5.92 Å². The lowest BCUT2D eigenvalue weighted by Gasteiger charge is -2.34. The molecule has 0 aromatic carbocycles. The van der Waals surface area contributed by atoms with Crippen molar-refractivity contribution in [3.8, 4) is 0 Å². The third-order valence-electron chi connectivity index (χ3n) is 5.74. The zero-order valence-electron chi connectivity index (χ0n) is 15.7. The summed E-state index contributed by atoms with van der Waals surface area (Å²) in [4.78, 5) is 12.3. The second-order valence-corrected chi connectivity index (χ2v) is 7.87. The molecule has 2 aliphatic heterocycles. The Morgan fingerprint density at radius 2 is 1.80 bits per heavy atom. The lowest BCUT2D eigenvalue weighted by atomic mass is 9.46. The van der Waals surface area contributed by atoms with E-state index in [0.29, 0.717) is 0 Å². The molecular formula is C17H25BF3O4. The fraction of sp³-hybridized carbons (Fsp3) is 0.824. The van der Waals surface area contributed by atoms with Gasteiger partial charge in [-0.1, -0.05) is 20.8 Å². The SMILES string of the molecule is CCOC(=O)C1=C(C2[B]C(C)(C)C(C)(C)O2)C(C)C(C)(C(F)(F)F)O1. The average Bonchev–Trinajstić information content (AvgIpc) is 2.82. The highest BCUT2D eigenvalue weighted by atomic mass is 19.4. The number of hydrogen-bond donors (Lipinski definition) is 0. The molecule has 0 N–H and O–H groups in total. The van der Waals surface area contributed by atoms with Gasteiger partial charge in [0.2, 0.25) is 11.4 Å². The van der Waals surface area contributed by atoms with Gasteiger partial charge in [-0.3, -0.25) is 0 Å². The third kappa shape index (κ3) is 3.07. The molecule has 0 aromatic heterocycles. The Morgan fingerprint density at radius 1 is 1.24 bits per heavy atom. The first-order valence-corrected chi connectivity index (χ1v) is 8.38. The molecule has 141 valence electrons. The van der Waals surface area contributed by atoms with Gasteiger partial charge in [0.05, 0.1) is 18.2 Å². The van der Waals surface area contributed by atoms with Gasteiger partial charge in [0, 0.05) is 11.5 Å². The van der Waals surface area contributed by atoms with Gasteiger partial charge in [0.15, 0.2) is 7.28 Å². The van der Waals surface area contributed by atoms with Crippen molar-refractivity contribution in [2.45, 2.75) is 77.2 Å².